The molecule has 0 aromatic heterocycles. The van der Waals surface area contributed by atoms with Gasteiger partial charge in [0.1, 0.15) is 0 Å². The zero-order valence-corrected chi connectivity index (χ0v) is 42.6. The van der Waals surface area contributed by atoms with Crippen molar-refractivity contribution >= 4 is 21.6 Å². The van der Waals surface area contributed by atoms with E-state index in [0.29, 0.717) is 28.1 Å². The average Bonchev–Trinajstić information content (AvgIpc) is 3.56. The molecule has 3 fully saturated rings. The van der Waals surface area contributed by atoms with Gasteiger partial charge in [0.25, 0.3) is 0 Å². The molecule has 4 rings (SSSR count). The van der Waals surface area contributed by atoms with Crippen LogP contribution in [0.1, 0.15) is 211 Å². The van der Waals surface area contributed by atoms with E-state index in [0.717, 1.165) is 30.9 Å². The van der Waals surface area contributed by atoms with Gasteiger partial charge >= 0.3 is 0 Å². The summed E-state index contributed by atoms with van der Waals surface area (Å²) in [4.78, 5) is 0. The van der Waals surface area contributed by atoms with Crippen LogP contribution in [0.2, 0.25) is 0 Å². The molecule has 0 aromatic rings. The molecular formula is C47H95N3O3S2. The van der Waals surface area contributed by atoms with Crippen molar-refractivity contribution in [1.82, 2.24) is 15.2 Å². The van der Waals surface area contributed by atoms with Crippen LogP contribution in [-0.4, -0.2) is 75.0 Å². The molecule has 0 saturated carbocycles. The monoisotopic (exact) mass is 814 g/mol. The largest absolute Gasteiger partial charge is 0.313 e. The second-order valence-electron chi connectivity index (χ2n) is 25.9. The van der Waals surface area contributed by atoms with E-state index < -0.39 is 0 Å². The van der Waals surface area contributed by atoms with Crippen LogP contribution in [0.3, 0.4) is 0 Å². The maximum atomic E-state index is 10.2. The zero-order chi connectivity index (χ0) is 43.8. The Morgan fingerprint density at radius 2 is 1.04 bits per heavy atom. The first-order chi connectivity index (χ1) is 24.0. The second-order valence-corrected chi connectivity index (χ2v) is 28.6. The molecule has 0 aliphatic carbocycles. The lowest BCUT2D eigenvalue weighted by Crippen LogP contribution is -2.59. The fraction of sp³-hybridized carbons (Fsp3) is 0.957. The van der Waals surface area contributed by atoms with Gasteiger partial charge in [0.2, 0.25) is 0 Å². The van der Waals surface area contributed by atoms with Crippen LogP contribution in [0.25, 0.3) is 0 Å². The summed E-state index contributed by atoms with van der Waals surface area (Å²) in [5, 5.41) is 36.0. The summed E-state index contributed by atoms with van der Waals surface area (Å²) in [5.74, 6) is 2.64. The van der Waals surface area contributed by atoms with Gasteiger partial charge in [0.05, 0.1) is 11.1 Å². The molecule has 3 N–H and O–H groups in total. The van der Waals surface area contributed by atoms with Gasteiger partial charge in [-0.1, -0.05) is 111 Å². The number of nitrogens with zero attached hydrogens (tertiary/aromatic N) is 3. The molecule has 4 aliphatic heterocycles. The predicted octanol–water partition coefficient (Wildman–Crippen LogP) is 14.6. The number of hydrogen-bond acceptors (Lipinski definition) is 8. The maximum absolute atomic E-state index is 10.2. The molecule has 0 bridgehead atoms. The molecule has 328 valence electrons. The molecule has 2 atom stereocenters. The summed E-state index contributed by atoms with van der Waals surface area (Å²) in [6.07, 6.45) is 10.3. The number of rotatable bonds is 3. The summed E-state index contributed by atoms with van der Waals surface area (Å²) in [6.45, 7) is 52.8. The third kappa shape index (κ3) is 16.0. The minimum absolute atomic E-state index is 0.0839. The van der Waals surface area contributed by atoms with E-state index in [2.05, 4.69) is 169 Å². The van der Waals surface area contributed by atoms with Crippen LogP contribution >= 0.6 is 21.6 Å². The maximum Gasteiger partial charge on any atom is 0.0623 e. The first kappa shape index (κ1) is 53.2. The van der Waals surface area contributed by atoms with Crippen molar-refractivity contribution < 1.29 is 15.6 Å². The highest BCUT2D eigenvalue weighted by atomic mass is 33.1. The van der Waals surface area contributed by atoms with Crippen LogP contribution in [0.4, 0.5) is 0 Å². The van der Waals surface area contributed by atoms with Gasteiger partial charge in [0.15, 0.2) is 0 Å². The van der Waals surface area contributed by atoms with E-state index in [-0.39, 0.29) is 38.6 Å². The first-order valence-corrected chi connectivity index (χ1v) is 23.8. The number of piperidine rings is 1. The van der Waals surface area contributed by atoms with Crippen molar-refractivity contribution in [2.24, 2.45) is 33.5 Å². The van der Waals surface area contributed by atoms with Crippen LogP contribution < -0.4 is 0 Å². The van der Waals surface area contributed by atoms with Crippen LogP contribution in [0.5, 0.6) is 0 Å². The molecule has 8 heteroatoms. The van der Waals surface area contributed by atoms with Gasteiger partial charge in [-0.25, -0.2) is 0 Å². The Morgan fingerprint density at radius 3 is 1.31 bits per heavy atom. The molecule has 6 nitrogen and oxygen atoms in total. The molecule has 2 unspecified atom stereocenters. The molecule has 0 amide bonds. The van der Waals surface area contributed by atoms with Crippen molar-refractivity contribution in [3.05, 3.63) is 11.6 Å². The summed E-state index contributed by atoms with van der Waals surface area (Å²) >= 11 is 0. The molecule has 3 saturated heterocycles. The summed E-state index contributed by atoms with van der Waals surface area (Å²) in [7, 11) is 4.09. The van der Waals surface area contributed by atoms with E-state index in [4.69, 9.17) is 0 Å². The molecule has 55 heavy (non-hydrogen) atoms. The smallest absolute Gasteiger partial charge is 0.0623 e. The van der Waals surface area contributed by atoms with Crippen molar-refractivity contribution in [2.45, 2.75) is 250 Å². The fourth-order valence-corrected chi connectivity index (χ4v) is 13.2. The van der Waals surface area contributed by atoms with Gasteiger partial charge in [-0.15, -0.1) is 0 Å². The second kappa shape index (κ2) is 18.0. The highest BCUT2D eigenvalue weighted by Crippen LogP contribution is 2.49. The summed E-state index contributed by atoms with van der Waals surface area (Å²) in [6, 6.07) is 0. The normalized spacial score (nSPS) is 27.9. The molecule has 0 aromatic carbocycles. The number of hydroxylamine groups is 6. The van der Waals surface area contributed by atoms with Crippen LogP contribution in [-0.2, 0) is 0 Å². The minimum Gasteiger partial charge on any atom is -0.313 e. The Morgan fingerprint density at radius 1 is 0.600 bits per heavy atom. The SMILES string of the molecule is CC(C)(C)C1CCSS1.CC(C)(C)CC1=CC(C)(C)N(O)C1(C)C.CC(C)(C)CC1CC(C)(C)N(O)C(C)(C)C1.CC(C)(C)CC1CC(C)(C)N(O)C1(C)C. The highest BCUT2D eigenvalue weighted by Gasteiger charge is 2.52. The molecule has 0 radical (unpaired) electrons. The van der Waals surface area contributed by atoms with Gasteiger partial charge in [-0.3, -0.25) is 0 Å². The Hall–Kier alpha value is 0.200. The van der Waals surface area contributed by atoms with Crippen molar-refractivity contribution in [3.8, 4) is 0 Å². The minimum atomic E-state index is -0.246. The molecule has 0 spiro atoms. The predicted molar refractivity (Wildman–Crippen MR) is 244 cm³/mol. The first-order valence-electron chi connectivity index (χ1n) is 21.5. The van der Waals surface area contributed by atoms with E-state index in [1.54, 1.807) is 10.1 Å². The lowest BCUT2D eigenvalue weighted by molar-refractivity contribution is -0.252. The summed E-state index contributed by atoms with van der Waals surface area (Å²) < 4.78 is 0. The van der Waals surface area contributed by atoms with Gasteiger partial charge in [0, 0.05) is 33.2 Å². The van der Waals surface area contributed by atoms with E-state index >= 15 is 0 Å². The van der Waals surface area contributed by atoms with Crippen molar-refractivity contribution in [1.29, 1.82) is 0 Å². The van der Waals surface area contributed by atoms with Crippen molar-refractivity contribution in [2.75, 3.05) is 5.75 Å². The third-order valence-corrected chi connectivity index (χ3v) is 15.4. The average molecular weight is 814 g/mol. The fourth-order valence-electron chi connectivity index (χ4n) is 9.71. The van der Waals surface area contributed by atoms with E-state index in [1.165, 1.54) is 35.7 Å². The summed E-state index contributed by atoms with van der Waals surface area (Å²) in [5.41, 5.74) is 1.98. The van der Waals surface area contributed by atoms with Crippen LogP contribution in [0.15, 0.2) is 11.6 Å². The molecule has 4 heterocycles. The van der Waals surface area contributed by atoms with Gasteiger partial charge in [-0.2, -0.15) is 15.2 Å². The van der Waals surface area contributed by atoms with Gasteiger partial charge in [-0.05, 0) is 167 Å². The Balaban J connectivity index is 0.000000373. The number of hydrogen-bond donors (Lipinski definition) is 3. The quantitative estimate of drug-likeness (QED) is 0.192. The van der Waals surface area contributed by atoms with E-state index in [9.17, 15) is 15.6 Å². The topological polar surface area (TPSA) is 70.4 Å². The lowest BCUT2D eigenvalue weighted by atomic mass is 9.70. The standard InChI is InChI=1S/C14H29NO.C13H27NO.C13H25NO.C7H14S2/c1-12(2,3)8-11-9-13(4,5)15(16)14(6,7)10-11;2*1-11(2,3)8-10-9-12(4,5)14(15)13(10,6)7;1-7(2,3)6-4-5-8-9-6/h11,16H,8-10H2,1-7H3;10,15H,8-9H2,1-7H3;9,15H,8H2,1-7H3;6H,4-5H2,1-3H3. The Kier molecular flexibility index (Phi) is 17.5. The Labute approximate surface area is 351 Å². The third-order valence-electron chi connectivity index (χ3n) is 12.1. The molecular weight excluding hydrogens is 719 g/mol. The van der Waals surface area contributed by atoms with Crippen LogP contribution in [0, 0.1) is 33.5 Å². The highest BCUT2D eigenvalue weighted by molar-refractivity contribution is 8.77. The zero-order valence-electron chi connectivity index (χ0n) is 41.0. The molecule has 4 aliphatic rings. The van der Waals surface area contributed by atoms with E-state index in [1.807, 2.05) is 24.6 Å². The van der Waals surface area contributed by atoms with Gasteiger partial charge < -0.3 is 15.6 Å². The lowest BCUT2D eigenvalue weighted by Gasteiger charge is -2.52. The van der Waals surface area contributed by atoms with Crippen molar-refractivity contribution in [3.63, 3.8) is 0 Å². The Bertz CT molecular complexity index is 1220.